The second-order valence-electron chi connectivity index (χ2n) is 7.97. The molecule has 0 spiro atoms. The molecule has 4 aromatic carbocycles. The quantitative estimate of drug-likeness (QED) is 0.0690. The summed E-state index contributed by atoms with van der Waals surface area (Å²) in [6.45, 7) is 0. The Morgan fingerprint density at radius 1 is 0.442 bits per heavy atom. The maximum Gasteiger partial charge on any atom is 2.00 e. The van der Waals surface area contributed by atoms with Crippen LogP contribution in [0.2, 0.25) is 0 Å². The van der Waals surface area contributed by atoms with Crippen LogP contribution in [0.15, 0.2) is 142 Å². The first-order chi connectivity index (χ1) is 20.4. The number of hydrogen-bond donors (Lipinski definition) is 2. The van der Waals surface area contributed by atoms with E-state index in [4.69, 9.17) is 0 Å². The molecule has 0 aliphatic heterocycles. The number of halogens is 4. The summed E-state index contributed by atoms with van der Waals surface area (Å²) >= 11 is 0. The summed E-state index contributed by atoms with van der Waals surface area (Å²) in [7, 11) is -6.11. The van der Waals surface area contributed by atoms with Gasteiger partial charge in [-0.15, -0.1) is 0 Å². The first-order valence-electron chi connectivity index (χ1n) is 12.1. The van der Waals surface area contributed by atoms with Crippen molar-refractivity contribution in [1.82, 2.24) is 0 Å². The Kier molecular flexibility index (Phi) is 14.8. The van der Waals surface area contributed by atoms with Crippen LogP contribution in [0.3, 0.4) is 0 Å². The Hall–Kier alpha value is -4.88. The average Bonchev–Trinajstić information content (AvgIpc) is 3.03. The van der Waals surface area contributed by atoms with Crippen molar-refractivity contribution >= 4 is 37.8 Å². The third kappa shape index (κ3) is 10.8. The molecule has 15 heteroatoms. The Bertz CT molecular complexity index is 1390. The van der Waals surface area contributed by atoms with Gasteiger partial charge in [-0.2, -0.15) is 0 Å². The predicted molar refractivity (Wildman–Crippen MR) is 154 cm³/mol. The molecule has 0 heterocycles. The van der Waals surface area contributed by atoms with Crippen molar-refractivity contribution in [2.24, 2.45) is 20.6 Å². The fraction of sp³-hybridized carbons (Fsp3) is 0. The second-order valence-corrected chi connectivity index (χ2v) is 7.97. The van der Waals surface area contributed by atoms with Crippen molar-refractivity contribution in [1.29, 1.82) is 0 Å². The zero-order valence-electron chi connectivity index (χ0n) is 22.0. The van der Waals surface area contributed by atoms with E-state index in [1.165, 1.54) is 0 Å². The van der Waals surface area contributed by atoms with Crippen molar-refractivity contribution in [3.63, 3.8) is 0 Å². The van der Waals surface area contributed by atoms with Gasteiger partial charge in [0.1, 0.15) is 22.8 Å². The van der Waals surface area contributed by atoms with Crippen LogP contribution in [0.1, 0.15) is 22.3 Å². The zero-order chi connectivity index (χ0) is 30.2. The molecule has 8 nitrogen and oxygen atoms in total. The summed E-state index contributed by atoms with van der Waals surface area (Å²) in [5.41, 5.74) is 2.17. The molecule has 0 atom stereocenters. The molecule has 0 aliphatic rings. The number of hydrogen-bond acceptors (Lipinski definition) is 8. The van der Waals surface area contributed by atoms with Gasteiger partial charge in [-0.1, -0.05) is 142 Å². The Balaban J connectivity index is 0.000000293. The van der Waals surface area contributed by atoms with Gasteiger partial charge in [0.25, 0.3) is 0 Å². The molecule has 0 fully saturated rings. The van der Waals surface area contributed by atoms with Gasteiger partial charge in [0.05, 0.1) is 0 Å². The summed E-state index contributed by atoms with van der Waals surface area (Å²) in [5.74, 6) is 0. The minimum atomic E-state index is -3.06. The SMILES string of the molecule is ON=C(C(=NOB(F)F)c1ccccc1)c1ccccc1.ON=C(C(=NOB(F)F)c1ccccc1)c1ccccc1.[Co+2]. The molecule has 0 saturated carbocycles. The largest absolute Gasteiger partial charge is 2.00 e. The van der Waals surface area contributed by atoms with Gasteiger partial charge in [0, 0.05) is 22.3 Å². The van der Waals surface area contributed by atoms with E-state index in [1.54, 1.807) is 121 Å². The number of nitrogens with zero attached hydrogens (tertiary/aromatic N) is 4. The molecule has 0 aliphatic carbocycles. The van der Waals surface area contributed by atoms with Crippen molar-refractivity contribution in [2.45, 2.75) is 0 Å². The second kappa shape index (κ2) is 18.5. The third-order valence-electron chi connectivity index (χ3n) is 5.28. The summed E-state index contributed by atoms with van der Waals surface area (Å²) in [6.07, 6.45) is 0. The van der Waals surface area contributed by atoms with Gasteiger partial charge in [-0.3, -0.25) is 0 Å². The van der Waals surface area contributed by atoms with Crippen molar-refractivity contribution in [2.75, 3.05) is 0 Å². The molecule has 4 rings (SSSR count). The number of oxime groups is 4. The minimum Gasteiger partial charge on any atom is -0.410 e. The summed E-state index contributed by atoms with van der Waals surface area (Å²) < 4.78 is 57.0. The van der Waals surface area contributed by atoms with Crippen LogP contribution in [0, 0.1) is 0 Å². The van der Waals surface area contributed by atoms with E-state index in [9.17, 15) is 27.7 Å². The van der Waals surface area contributed by atoms with Crippen LogP contribution in [-0.4, -0.2) is 48.2 Å². The van der Waals surface area contributed by atoms with Crippen LogP contribution in [0.4, 0.5) is 17.3 Å². The third-order valence-corrected chi connectivity index (χ3v) is 5.28. The maximum atomic E-state index is 12.2. The molecule has 2 N–H and O–H groups in total. The number of rotatable bonds is 10. The maximum absolute atomic E-state index is 12.2. The molecular weight excluding hydrogens is 613 g/mol. The first-order valence-corrected chi connectivity index (χ1v) is 12.1. The smallest absolute Gasteiger partial charge is 0.410 e. The Labute approximate surface area is 255 Å². The molecule has 0 unspecified atom stereocenters. The van der Waals surface area contributed by atoms with E-state index in [2.05, 4.69) is 30.1 Å². The first kappa shape index (κ1) is 34.3. The monoisotopic (exact) mass is 635 g/mol. The molecule has 0 aromatic heterocycles. The van der Waals surface area contributed by atoms with E-state index in [-0.39, 0.29) is 39.6 Å². The molecule has 0 amide bonds. The van der Waals surface area contributed by atoms with Gasteiger partial charge >= 0.3 is 31.7 Å². The van der Waals surface area contributed by atoms with Crippen molar-refractivity contribution in [3.8, 4) is 0 Å². The molecular formula is C28H22B2CoF4N4O4+2. The summed E-state index contributed by atoms with van der Waals surface area (Å²) in [4.78, 5) is 0. The average molecular weight is 635 g/mol. The Morgan fingerprint density at radius 2 is 0.674 bits per heavy atom. The molecule has 4 aromatic rings. The van der Waals surface area contributed by atoms with Crippen LogP contribution >= 0.6 is 0 Å². The predicted octanol–water partition coefficient (Wildman–Crippen LogP) is 6.42. The minimum absolute atomic E-state index is 0. The van der Waals surface area contributed by atoms with Gasteiger partial charge in [-0.05, 0) is 0 Å². The van der Waals surface area contributed by atoms with Gasteiger partial charge in [0.2, 0.25) is 0 Å². The fourth-order valence-corrected chi connectivity index (χ4v) is 3.52. The fourth-order valence-electron chi connectivity index (χ4n) is 3.52. The number of benzene rings is 4. The van der Waals surface area contributed by atoms with E-state index in [0.717, 1.165) is 0 Å². The van der Waals surface area contributed by atoms with Crippen LogP contribution < -0.4 is 0 Å². The molecule has 43 heavy (non-hydrogen) atoms. The standard InChI is InChI=1S/2C14H11BF2N2O2.Co/c2*16-15(17)21-19-14(12-9-5-2-6-10-12)13(18-20)11-7-3-1-4-8-11;/h2*1-10,20H;/q;;+2. The summed E-state index contributed by atoms with van der Waals surface area (Å²) in [5, 5.41) is 31.7. The van der Waals surface area contributed by atoms with E-state index >= 15 is 0 Å². The van der Waals surface area contributed by atoms with Gasteiger partial charge in [0.15, 0.2) is 0 Å². The van der Waals surface area contributed by atoms with E-state index < -0.39 is 14.9 Å². The van der Waals surface area contributed by atoms with E-state index in [0.29, 0.717) is 22.3 Å². The Morgan fingerprint density at radius 3 is 0.884 bits per heavy atom. The van der Waals surface area contributed by atoms with E-state index in [1.807, 2.05) is 0 Å². The molecule has 1 radical (unpaired) electrons. The van der Waals surface area contributed by atoms with Crippen LogP contribution in [-0.2, 0) is 26.3 Å². The molecule has 0 bridgehead atoms. The van der Waals surface area contributed by atoms with Crippen molar-refractivity contribution < 1.29 is 54.0 Å². The van der Waals surface area contributed by atoms with Crippen LogP contribution in [0.25, 0.3) is 0 Å². The van der Waals surface area contributed by atoms with Gasteiger partial charge in [-0.25, -0.2) is 17.3 Å². The molecule has 219 valence electrons. The zero-order valence-corrected chi connectivity index (χ0v) is 23.1. The van der Waals surface area contributed by atoms with Crippen molar-refractivity contribution in [3.05, 3.63) is 144 Å². The normalized spacial score (nSPS) is 11.8. The van der Waals surface area contributed by atoms with Gasteiger partial charge < -0.3 is 19.9 Å². The summed E-state index contributed by atoms with van der Waals surface area (Å²) in [6, 6.07) is 34.2. The van der Waals surface area contributed by atoms with Crippen LogP contribution in [0.5, 0.6) is 0 Å². The molecule has 0 saturated heterocycles. The topological polar surface area (TPSA) is 108 Å².